The zero-order chi connectivity index (χ0) is 34.9. The van der Waals surface area contributed by atoms with Gasteiger partial charge >= 0.3 is 0 Å². The van der Waals surface area contributed by atoms with Gasteiger partial charge in [0.25, 0.3) is 0 Å². The smallest absolute Gasteiger partial charge is 0.250 e. The van der Waals surface area contributed by atoms with Crippen LogP contribution in [0, 0.1) is 12.7 Å². The molecule has 0 amide bonds. The van der Waals surface area contributed by atoms with Crippen LogP contribution >= 0.6 is 0 Å². The number of carbonyl (C=O) groups is 1. The zero-order valence-electron chi connectivity index (χ0n) is 30.6. The van der Waals surface area contributed by atoms with Crippen LogP contribution in [0.25, 0.3) is 0 Å². The molecule has 1 aliphatic rings. The van der Waals surface area contributed by atoms with Gasteiger partial charge in [0.1, 0.15) is 17.4 Å². The molecular formula is C37H55FN4O3Si2. The van der Waals surface area contributed by atoms with Gasteiger partial charge in [0.2, 0.25) is 8.32 Å². The van der Waals surface area contributed by atoms with Crippen LogP contribution in [0.2, 0.25) is 36.3 Å². The first-order valence-electron chi connectivity index (χ1n) is 16.8. The summed E-state index contributed by atoms with van der Waals surface area (Å²) in [5.41, 5.74) is 4.81. The molecule has 0 saturated carbocycles. The molecule has 0 fully saturated rings. The highest BCUT2D eigenvalue weighted by Crippen LogP contribution is 2.41. The van der Waals surface area contributed by atoms with Crippen molar-refractivity contribution in [3.8, 4) is 5.75 Å². The number of anilines is 4. The summed E-state index contributed by atoms with van der Waals surface area (Å²) in [5, 5.41) is 6.76. The second-order valence-corrected chi connectivity index (χ2v) is 25.4. The van der Waals surface area contributed by atoms with Gasteiger partial charge in [-0.25, -0.2) is 9.37 Å². The molecular weight excluding hydrogens is 624 g/mol. The van der Waals surface area contributed by atoms with E-state index in [1.54, 1.807) is 18.3 Å². The molecule has 0 radical (unpaired) electrons. The summed E-state index contributed by atoms with van der Waals surface area (Å²) < 4.78 is 28.3. The topological polar surface area (TPSA) is 75.7 Å². The Morgan fingerprint density at radius 2 is 1.66 bits per heavy atom. The van der Waals surface area contributed by atoms with Crippen molar-refractivity contribution in [1.29, 1.82) is 0 Å². The number of likely N-dealkylation sites (N-methyl/N-ethyl adjacent to an activating group) is 1. The lowest BCUT2D eigenvalue weighted by Gasteiger charge is -2.37. The number of carbonyl (C=O) groups excluding carboxylic acids is 1. The van der Waals surface area contributed by atoms with Crippen LogP contribution in [-0.2, 0) is 17.4 Å². The predicted octanol–water partition coefficient (Wildman–Crippen LogP) is 9.98. The summed E-state index contributed by atoms with van der Waals surface area (Å²) in [6, 6.07) is 11.2. The lowest BCUT2D eigenvalue weighted by molar-refractivity contribution is 0.0995. The van der Waals surface area contributed by atoms with Crippen molar-refractivity contribution in [1.82, 2.24) is 9.88 Å². The number of Topliss-reactive ketones (excluding diaryl/α,β-unsaturated/α-hetero) is 1. The fraction of sp³-hybridized carbons (Fsp3) is 0.514. The molecule has 47 heavy (non-hydrogen) atoms. The molecule has 2 heterocycles. The number of ketones is 1. The maximum atomic E-state index is 15.3. The van der Waals surface area contributed by atoms with E-state index in [0.29, 0.717) is 29.4 Å². The Morgan fingerprint density at radius 3 is 2.30 bits per heavy atom. The molecule has 1 aliphatic heterocycles. The van der Waals surface area contributed by atoms with Gasteiger partial charge in [0, 0.05) is 44.1 Å². The van der Waals surface area contributed by atoms with Crippen molar-refractivity contribution >= 4 is 45.3 Å². The number of aromatic nitrogens is 1. The van der Waals surface area contributed by atoms with E-state index in [1.165, 1.54) is 6.07 Å². The molecule has 4 rings (SSSR count). The van der Waals surface area contributed by atoms with Crippen LogP contribution in [0.3, 0.4) is 0 Å². The lowest BCUT2D eigenvalue weighted by atomic mass is 10.0. The minimum atomic E-state index is -2.16. The maximum Gasteiger partial charge on any atom is 0.250 e. The molecule has 0 aliphatic carbocycles. The number of hydrogen-bond acceptors (Lipinski definition) is 7. The van der Waals surface area contributed by atoms with Crippen molar-refractivity contribution in [2.24, 2.45) is 0 Å². The highest BCUT2D eigenvalue weighted by atomic mass is 28.4. The van der Waals surface area contributed by atoms with Crippen molar-refractivity contribution in [2.45, 2.75) is 105 Å². The van der Waals surface area contributed by atoms with E-state index < -0.39 is 22.5 Å². The van der Waals surface area contributed by atoms with Gasteiger partial charge in [-0.05, 0) is 84.6 Å². The molecule has 0 unspecified atom stereocenters. The van der Waals surface area contributed by atoms with Gasteiger partial charge in [-0.1, -0.05) is 60.6 Å². The van der Waals surface area contributed by atoms with E-state index in [2.05, 4.69) is 107 Å². The Kier molecular flexibility index (Phi) is 10.8. The SMILES string of the molecule is CCN(CCO[Si](C)(C)C(C)(C)C)Cc1ccc2c(c1)CC(=O)c1c(Nc3cc(O[Si](C)(C)C(C)(C)C)c(C)cc3F)ccnc1N2. The highest BCUT2D eigenvalue weighted by molar-refractivity contribution is 6.75. The Bertz CT molecular complexity index is 1610. The number of aryl methyl sites for hydroxylation is 1. The standard InChI is InChI=1S/C37H55FN4O3Si2/c1-13-42(18-19-44-46(9,10)36(3,4)5)24-26-14-15-29-27(21-26)22-32(43)34-30(16-17-39-35(34)41-29)40-31-23-33(25(2)20-28(31)38)45-47(11,12)37(6,7)8/h14-17,20-21,23H,13,18-19,22,24H2,1-12H3,(H2,39,40,41). The van der Waals surface area contributed by atoms with Crippen molar-refractivity contribution < 1.29 is 18.0 Å². The van der Waals surface area contributed by atoms with Crippen LogP contribution in [0.1, 0.15) is 75.5 Å². The molecule has 0 saturated heterocycles. The van der Waals surface area contributed by atoms with Crippen LogP contribution in [0.4, 0.5) is 27.3 Å². The molecule has 256 valence electrons. The second kappa shape index (κ2) is 13.8. The van der Waals surface area contributed by atoms with E-state index in [0.717, 1.165) is 42.0 Å². The number of pyridine rings is 1. The fourth-order valence-electron chi connectivity index (χ4n) is 5.03. The van der Waals surface area contributed by atoms with Crippen molar-refractivity contribution in [3.05, 3.63) is 70.7 Å². The molecule has 0 atom stereocenters. The third-order valence-electron chi connectivity index (χ3n) is 10.2. The Labute approximate surface area is 283 Å². The van der Waals surface area contributed by atoms with Crippen LogP contribution in [0.15, 0.2) is 42.6 Å². The molecule has 2 N–H and O–H groups in total. The van der Waals surface area contributed by atoms with E-state index in [9.17, 15) is 4.79 Å². The third-order valence-corrected chi connectivity index (χ3v) is 19.1. The molecule has 1 aromatic heterocycles. The van der Waals surface area contributed by atoms with Crippen LogP contribution in [-0.4, -0.2) is 52.0 Å². The van der Waals surface area contributed by atoms with Crippen molar-refractivity contribution in [2.75, 3.05) is 30.3 Å². The van der Waals surface area contributed by atoms with Crippen LogP contribution in [0.5, 0.6) is 5.75 Å². The summed E-state index contributed by atoms with van der Waals surface area (Å²) >= 11 is 0. The molecule has 7 nitrogen and oxygen atoms in total. The average molecular weight is 679 g/mol. The number of rotatable bonds is 11. The number of halogens is 1. The predicted molar refractivity (Wildman–Crippen MR) is 198 cm³/mol. The average Bonchev–Trinajstić information content (AvgIpc) is 3.09. The third kappa shape index (κ3) is 8.52. The second-order valence-electron chi connectivity index (χ2n) is 15.9. The van der Waals surface area contributed by atoms with Gasteiger partial charge in [0.05, 0.1) is 16.9 Å². The highest BCUT2D eigenvalue weighted by Gasteiger charge is 2.39. The van der Waals surface area contributed by atoms with Gasteiger partial charge in [-0.2, -0.15) is 0 Å². The number of fused-ring (bicyclic) bond motifs is 2. The zero-order valence-corrected chi connectivity index (χ0v) is 32.6. The summed E-state index contributed by atoms with van der Waals surface area (Å²) in [5.74, 6) is 0.611. The molecule has 2 aromatic carbocycles. The van der Waals surface area contributed by atoms with E-state index in [4.69, 9.17) is 8.85 Å². The summed E-state index contributed by atoms with van der Waals surface area (Å²) in [7, 11) is -3.96. The first-order valence-corrected chi connectivity index (χ1v) is 22.6. The first-order chi connectivity index (χ1) is 21.7. The first kappa shape index (κ1) is 36.8. The quantitative estimate of drug-likeness (QED) is 0.196. The minimum absolute atomic E-state index is 0.00920. The normalized spacial score (nSPS) is 14.0. The molecule has 0 bridgehead atoms. The van der Waals surface area contributed by atoms with Gasteiger partial charge in [-0.3, -0.25) is 9.69 Å². The lowest BCUT2D eigenvalue weighted by Crippen LogP contribution is -2.44. The Morgan fingerprint density at radius 1 is 0.979 bits per heavy atom. The molecule has 3 aromatic rings. The van der Waals surface area contributed by atoms with E-state index in [1.807, 2.05) is 13.0 Å². The molecule has 10 heteroatoms. The summed E-state index contributed by atoms with van der Waals surface area (Å²) in [6.07, 6.45) is 1.84. The Balaban J connectivity index is 1.53. The van der Waals surface area contributed by atoms with E-state index >= 15 is 4.39 Å². The number of nitrogens with one attached hydrogen (secondary N) is 2. The van der Waals surface area contributed by atoms with Crippen molar-refractivity contribution in [3.63, 3.8) is 0 Å². The summed E-state index contributed by atoms with van der Waals surface area (Å²) in [4.78, 5) is 20.7. The fourth-order valence-corrected chi connectivity index (χ4v) is 7.14. The molecule has 0 spiro atoms. The van der Waals surface area contributed by atoms with Gasteiger partial charge < -0.3 is 19.5 Å². The monoisotopic (exact) mass is 678 g/mol. The van der Waals surface area contributed by atoms with Gasteiger partial charge in [0.15, 0.2) is 14.1 Å². The minimum Gasteiger partial charge on any atom is -0.543 e. The van der Waals surface area contributed by atoms with Gasteiger partial charge in [-0.15, -0.1) is 0 Å². The largest absolute Gasteiger partial charge is 0.543 e. The number of nitrogens with zero attached hydrogens (tertiary/aromatic N) is 2. The van der Waals surface area contributed by atoms with Crippen LogP contribution < -0.4 is 15.1 Å². The number of benzene rings is 2. The summed E-state index contributed by atoms with van der Waals surface area (Å²) in [6.45, 7) is 29.5. The maximum absolute atomic E-state index is 15.3. The van der Waals surface area contributed by atoms with E-state index in [-0.39, 0.29) is 28.0 Å². The Hall–Kier alpha value is -3.06. The number of hydrogen-bond donors (Lipinski definition) is 2.